The van der Waals surface area contributed by atoms with Gasteiger partial charge in [-0.25, -0.2) is 0 Å². The molecule has 1 heterocycles. The quantitative estimate of drug-likeness (QED) is 0.720. The second-order valence-electron chi connectivity index (χ2n) is 2.78. The Bertz CT molecular complexity index is 295. The van der Waals surface area contributed by atoms with Crippen LogP contribution in [0.2, 0.25) is 0 Å². The average Bonchev–Trinajstić information content (AvgIpc) is 2.51. The SMILES string of the molecule is Cc1cc(C(=O)N(C)CCO)on1. The molecule has 0 aliphatic carbocycles. The molecular weight excluding hydrogens is 172 g/mol. The Hall–Kier alpha value is -1.36. The zero-order chi connectivity index (χ0) is 9.84. The van der Waals surface area contributed by atoms with E-state index in [9.17, 15) is 4.79 Å². The third-order valence-electron chi connectivity index (χ3n) is 1.62. The van der Waals surface area contributed by atoms with Gasteiger partial charge in [0.15, 0.2) is 0 Å². The first-order valence-corrected chi connectivity index (χ1v) is 3.95. The minimum Gasteiger partial charge on any atom is -0.395 e. The van der Waals surface area contributed by atoms with Crippen molar-refractivity contribution in [2.75, 3.05) is 20.2 Å². The highest BCUT2D eigenvalue weighted by atomic mass is 16.5. The molecule has 0 saturated heterocycles. The number of likely N-dealkylation sites (N-methyl/N-ethyl adjacent to an activating group) is 1. The van der Waals surface area contributed by atoms with Gasteiger partial charge >= 0.3 is 0 Å². The highest BCUT2D eigenvalue weighted by Gasteiger charge is 2.15. The molecule has 1 N–H and O–H groups in total. The van der Waals surface area contributed by atoms with E-state index in [-0.39, 0.29) is 18.3 Å². The van der Waals surface area contributed by atoms with Gasteiger partial charge in [-0.3, -0.25) is 4.79 Å². The van der Waals surface area contributed by atoms with E-state index in [1.165, 1.54) is 4.90 Å². The van der Waals surface area contributed by atoms with E-state index in [2.05, 4.69) is 5.16 Å². The standard InChI is InChI=1S/C8H12N2O3/c1-6-5-7(13-9-6)8(12)10(2)3-4-11/h5,11H,3-4H2,1-2H3. The summed E-state index contributed by atoms with van der Waals surface area (Å²) < 4.78 is 4.77. The van der Waals surface area contributed by atoms with E-state index in [4.69, 9.17) is 9.63 Å². The van der Waals surface area contributed by atoms with Crippen LogP contribution in [0.4, 0.5) is 0 Å². The predicted octanol–water partition coefficient (Wildman–Crippen LogP) is 0.0473. The van der Waals surface area contributed by atoms with Crippen LogP contribution in [0, 0.1) is 6.92 Å². The van der Waals surface area contributed by atoms with Crippen molar-refractivity contribution in [1.82, 2.24) is 10.1 Å². The molecule has 0 unspecified atom stereocenters. The summed E-state index contributed by atoms with van der Waals surface area (Å²) in [5, 5.41) is 12.2. The molecule has 1 amide bonds. The number of carbonyl (C=O) groups is 1. The van der Waals surface area contributed by atoms with Gasteiger partial charge in [0.2, 0.25) is 5.76 Å². The van der Waals surface area contributed by atoms with Crippen LogP contribution < -0.4 is 0 Å². The first-order valence-electron chi connectivity index (χ1n) is 3.95. The minimum absolute atomic E-state index is 0.0602. The van der Waals surface area contributed by atoms with Crippen molar-refractivity contribution in [3.05, 3.63) is 17.5 Å². The van der Waals surface area contributed by atoms with Crippen LogP contribution in [-0.2, 0) is 0 Å². The lowest BCUT2D eigenvalue weighted by Gasteiger charge is -2.12. The molecule has 0 aromatic carbocycles. The summed E-state index contributed by atoms with van der Waals surface area (Å²) >= 11 is 0. The van der Waals surface area contributed by atoms with Crippen LogP contribution in [0.3, 0.4) is 0 Å². The molecule has 1 aromatic rings. The van der Waals surface area contributed by atoms with E-state index in [1.807, 2.05) is 0 Å². The number of hydrogen-bond donors (Lipinski definition) is 1. The van der Waals surface area contributed by atoms with Crippen LogP contribution in [0.1, 0.15) is 16.2 Å². The van der Waals surface area contributed by atoms with Gasteiger partial charge in [-0.1, -0.05) is 5.16 Å². The molecule has 0 aliphatic heterocycles. The first-order chi connectivity index (χ1) is 6.15. The third kappa shape index (κ3) is 2.29. The number of carbonyl (C=O) groups excluding carboxylic acids is 1. The molecule has 0 atom stereocenters. The largest absolute Gasteiger partial charge is 0.395 e. The maximum atomic E-state index is 11.4. The molecule has 0 spiro atoms. The van der Waals surface area contributed by atoms with E-state index in [1.54, 1.807) is 20.0 Å². The summed E-state index contributed by atoms with van der Waals surface area (Å²) in [6.07, 6.45) is 0. The fourth-order valence-electron chi connectivity index (χ4n) is 0.904. The Balaban J connectivity index is 2.67. The zero-order valence-corrected chi connectivity index (χ0v) is 7.65. The summed E-state index contributed by atoms with van der Waals surface area (Å²) in [6.45, 7) is 1.97. The lowest BCUT2D eigenvalue weighted by Crippen LogP contribution is -2.29. The molecule has 5 nitrogen and oxygen atoms in total. The summed E-state index contributed by atoms with van der Waals surface area (Å²) in [6, 6.07) is 1.57. The van der Waals surface area contributed by atoms with Crippen LogP contribution in [0.15, 0.2) is 10.6 Å². The number of amides is 1. The van der Waals surface area contributed by atoms with Crippen LogP contribution in [0.5, 0.6) is 0 Å². The Kier molecular flexibility index (Phi) is 3.02. The Morgan fingerprint density at radius 1 is 1.77 bits per heavy atom. The van der Waals surface area contributed by atoms with Crippen molar-refractivity contribution < 1.29 is 14.4 Å². The molecule has 13 heavy (non-hydrogen) atoms. The first kappa shape index (κ1) is 9.73. The van der Waals surface area contributed by atoms with Gasteiger partial charge in [0, 0.05) is 19.7 Å². The number of nitrogens with zero attached hydrogens (tertiary/aromatic N) is 2. The topological polar surface area (TPSA) is 66.6 Å². The number of rotatable bonds is 3. The van der Waals surface area contributed by atoms with Gasteiger partial charge in [0.1, 0.15) is 0 Å². The maximum absolute atomic E-state index is 11.4. The fraction of sp³-hybridized carbons (Fsp3) is 0.500. The van der Waals surface area contributed by atoms with E-state index >= 15 is 0 Å². The normalized spacial score (nSPS) is 10.1. The van der Waals surface area contributed by atoms with Gasteiger partial charge in [-0.05, 0) is 6.92 Å². The van der Waals surface area contributed by atoms with Gasteiger partial charge in [0.05, 0.1) is 12.3 Å². The molecule has 0 fully saturated rings. The highest BCUT2D eigenvalue weighted by molar-refractivity contribution is 5.91. The van der Waals surface area contributed by atoms with Crippen molar-refractivity contribution in [1.29, 1.82) is 0 Å². The number of aromatic nitrogens is 1. The summed E-state index contributed by atoms with van der Waals surface area (Å²) in [5.74, 6) is -0.0666. The molecule has 0 saturated carbocycles. The minimum atomic E-state index is -0.269. The van der Waals surface area contributed by atoms with E-state index in [0.717, 1.165) is 0 Å². The maximum Gasteiger partial charge on any atom is 0.292 e. The Morgan fingerprint density at radius 3 is 2.92 bits per heavy atom. The van der Waals surface area contributed by atoms with Crippen molar-refractivity contribution in [3.63, 3.8) is 0 Å². The second kappa shape index (κ2) is 4.04. The van der Waals surface area contributed by atoms with Crippen molar-refractivity contribution in [2.45, 2.75) is 6.92 Å². The highest BCUT2D eigenvalue weighted by Crippen LogP contribution is 2.04. The Morgan fingerprint density at radius 2 is 2.46 bits per heavy atom. The predicted molar refractivity (Wildman–Crippen MR) is 45.3 cm³/mol. The van der Waals surface area contributed by atoms with Gasteiger partial charge in [-0.15, -0.1) is 0 Å². The van der Waals surface area contributed by atoms with Gasteiger partial charge < -0.3 is 14.5 Å². The fourth-order valence-corrected chi connectivity index (χ4v) is 0.904. The van der Waals surface area contributed by atoms with Crippen molar-refractivity contribution in [3.8, 4) is 0 Å². The summed E-state index contributed by atoms with van der Waals surface area (Å²) in [4.78, 5) is 12.8. The van der Waals surface area contributed by atoms with Crippen LogP contribution in [0.25, 0.3) is 0 Å². The molecule has 0 aliphatic rings. The number of aryl methyl sites for hydroxylation is 1. The van der Waals surface area contributed by atoms with Gasteiger partial charge in [-0.2, -0.15) is 0 Å². The van der Waals surface area contributed by atoms with Gasteiger partial charge in [0.25, 0.3) is 5.91 Å². The lowest BCUT2D eigenvalue weighted by atomic mass is 10.3. The van der Waals surface area contributed by atoms with Crippen molar-refractivity contribution in [2.24, 2.45) is 0 Å². The third-order valence-corrected chi connectivity index (χ3v) is 1.62. The molecule has 0 radical (unpaired) electrons. The molecular formula is C8H12N2O3. The molecule has 5 heteroatoms. The summed E-state index contributed by atoms with van der Waals surface area (Å²) in [5.41, 5.74) is 0.667. The van der Waals surface area contributed by atoms with Crippen LogP contribution >= 0.6 is 0 Å². The number of aliphatic hydroxyl groups excluding tert-OH is 1. The second-order valence-corrected chi connectivity index (χ2v) is 2.78. The summed E-state index contributed by atoms with van der Waals surface area (Å²) in [7, 11) is 1.59. The van der Waals surface area contributed by atoms with E-state index < -0.39 is 0 Å². The number of aliphatic hydroxyl groups is 1. The van der Waals surface area contributed by atoms with Crippen LogP contribution in [-0.4, -0.2) is 41.3 Å². The molecule has 1 rings (SSSR count). The van der Waals surface area contributed by atoms with Crippen molar-refractivity contribution >= 4 is 5.91 Å². The monoisotopic (exact) mass is 184 g/mol. The molecule has 0 bridgehead atoms. The zero-order valence-electron chi connectivity index (χ0n) is 7.65. The average molecular weight is 184 g/mol. The lowest BCUT2D eigenvalue weighted by molar-refractivity contribution is 0.0726. The number of hydrogen-bond acceptors (Lipinski definition) is 4. The smallest absolute Gasteiger partial charge is 0.292 e. The molecule has 1 aromatic heterocycles. The Labute approximate surface area is 75.9 Å². The molecule has 72 valence electrons. The van der Waals surface area contributed by atoms with E-state index in [0.29, 0.717) is 12.2 Å².